The Hall–Kier alpha value is -1.47. The average Bonchev–Trinajstić information content (AvgIpc) is 2.71. The molecular formula is C12H17F3N2O3. The second kappa shape index (κ2) is 4.26. The number of likely N-dealkylation sites (tertiary alicyclic amines) is 1. The van der Waals surface area contributed by atoms with Crippen molar-refractivity contribution < 1.29 is 27.9 Å². The Kier molecular flexibility index (Phi) is 3.18. The van der Waals surface area contributed by atoms with Gasteiger partial charge in [-0.05, 0) is 20.8 Å². The molecule has 2 aliphatic rings. The van der Waals surface area contributed by atoms with E-state index in [4.69, 9.17) is 0 Å². The van der Waals surface area contributed by atoms with E-state index in [-0.39, 0.29) is 31.0 Å². The summed E-state index contributed by atoms with van der Waals surface area (Å²) < 4.78 is 37.0. The largest absolute Gasteiger partial charge is 0.471 e. The lowest BCUT2D eigenvalue weighted by atomic mass is 10.1. The normalized spacial score (nSPS) is 29.1. The van der Waals surface area contributed by atoms with Crippen LogP contribution < -0.4 is 0 Å². The van der Waals surface area contributed by atoms with Crippen molar-refractivity contribution in [1.29, 1.82) is 0 Å². The van der Waals surface area contributed by atoms with Gasteiger partial charge < -0.3 is 10.0 Å². The van der Waals surface area contributed by atoms with Crippen LogP contribution in [0.3, 0.4) is 0 Å². The average molecular weight is 294 g/mol. The number of amides is 2. The number of nitrogens with zero attached hydrogens (tertiary/aromatic N) is 2. The summed E-state index contributed by atoms with van der Waals surface area (Å²) in [6.07, 6.45) is -5.94. The van der Waals surface area contributed by atoms with Crippen molar-refractivity contribution in [2.45, 2.75) is 38.5 Å². The van der Waals surface area contributed by atoms with Gasteiger partial charge in [0.25, 0.3) is 0 Å². The van der Waals surface area contributed by atoms with Crippen LogP contribution >= 0.6 is 0 Å². The van der Waals surface area contributed by atoms with Gasteiger partial charge in [0.2, 0.25) is 0 Å². The van der Waals surface area contributed by atoms with Gasteiger partial charge in [-0.25, -0.2) is 4.79 Å². The fraction of sp³-hybridized carbons (Fsp3) is 0.833. The van der Waals surface area contributed by atoms with E-state index in [1.807, 2.05) is 0 Å². The van der Waals surface area contributed by atoms with Crippen LogP contribution in [0.5, 0.6) is 0 Å². The zero-order valence-electron chi connectivity index (χ0n) is 11.4. The van der Waals surface area contributed by atoms with Gasteiger partial charge in [0.05, 0.1) is 0 Å². The highest BCUT2D eigenvalue weighted by atomic mass is 19.4. The van der Waals surface area contributed by atoms with E-state index in [2.05, 4.69) is 0 Å². The Balaban J connectivity index is 2.02. The van der Waals surface area contributed by atoms with E-state index >= 15 is 0 Å². The Morgan fingerprint density at radius 1 is 1.15 bits per heavy atom. The number of halogens is 3. The molecule has 0 radical (unpaired) electrons. The molecule has 3 atom stereocenters. The second-order valence-electron chi connectivity index (χ2n) is 6.35. The lowest BCUT2D eigenvalue weighted by Gasteiger charge is -2.35. The van der Waals surface area contributed by atoms with Gasteiger partial charge in [0.15, 0.2) is 0 Å². The number of carboxylic acid groups (broad SMARTS) is 1. The van der Waals surface area contributed by atoms with Crippen molar-refractivity contribution >= 4 is 12.0 Å². The number of carbonyl (C=O) groups is 2. The quantitative estimate of drug-likeness (QED) is 0.802. The SMILES string of the molecule is CC(C)(C)N(C(=O)O)[C@@H]1[C@@H]2CN(C(=O)C(F)(F)F)C[C@@H]21. The van der Waals surface area contributed by atoms with Crippen molar-refractivity contribution in [3.8, 4) is 0 Å². The Morgan fingerprint density at radius 3 is 1.90 bits per heavy atom. The molecule has 8 heteroatoms. The number of alkyl halides is 3. The van der Waals surface area contributed by atoms with Crippen LogP contribution in [0.4, 0.5) is 18.0 Å². The third-order valence-corrected chi connectivity index (χ3v) is 3.91. The van der Waals surface area contributed by atoms with Crippen LogP contribution in [-0.2, 0) is 4.79 Å². The standard InChI is InChI=1S/C12H17F3N2O3/c1-11(2,3)17(10(19)20)8-6-4-16(5-7(6)8)9(18)12(13,14)15/h6-8H,4-5H2,1-3H3,(H,19,20)/t6-,7+,8-. The molecule has 20 heavy (non-hydrogen) atoms. The van der Waals surface area contributed by atoms with Gasteiger partial charge >= 0.3 is 18.2 Å². The van der Waals surface area contributed by atoms with Crippen LogP contribution in [-0.4, -0.2) is 57.8 Å². The second-order valence-corrected chi connectivity index (χ2v) is 6.35. The van der Waals surface area contributed by atoms with Gasteiger partial charge in [-0.2, -0.15) is 13.2 Å². The molecule has 1 N–H and O–H groups in total. The predicted octanol–water partition coefficient (Wildman–Crippen LogP) is 1.78. The first-order valence-electron chi connectivity index (χ1n) is 6.33. The molecule has 2 rings (SSSR count). The molecule has 0 spiro atoms. The van der Waals surface area contributed by atoms with E-state index in [1.165, 1.54) is 4.90 Å². The maximum absolute atomic E-state index is 12.3. The fourth-order valence-corrected chi connectivity index (χ4v) is 3.08. The van der Waals surface area contributed by atoms with Gasteiger partial charge in [0, 0.05) is 36.5 Å². The fourth-order valence-electron chi connectivity index (χ4n) is 3.08. The maximum Gasteiger partial charge on any atom is 0.471 e. The highest BCUT2D eigenvalue weighted by Gasteiger charge is 2.63. The number of carbonyl (C=O) groups excluding carboxylic acids is 1. The molecule has 1 aliphatic carbocycles. The molecule has 0 aromatic carbocycles. The van der Waals surface area contributed by atoms with Crippen molar-refractivity contribution in [1.82, 2.24) is 9.80 Å². The third kappa shape index (κ3) is 2.43. The molecule has 1 heterocycles. The number of hydrogen-bond donors (Lipinski definition) is 1. The predicted molar refractivity (Wildman–Crippen MR) is 63.0 cm³/mol. The van der Waals surface area contributed by atoms with Gasteiger partial charge in [-0.15, -0.1) is 0 Å². The van der Waals surface area contributed by atoms with E-state index in [0.717, 1.165) is 4.90 Å². The molecule has 0 bridgehead atoms. The van der Waals surface area contributed by atoms with Crippen LogP contribution in [0.15, 0.2) is 0 Å². The molecule has 5 nitrogen and oxygen atoms in total. The van der Waals surface area contributed by atoms with E-state index in [0.29, 0.717) is 0 Å². The number of piperidine rings is 1. The van der Waals surface area contributed by atoms with Crippen molar-refractivity contribution in [2.24, 2.45) is 11.8 Å². The molecule has 1 saturated carbocycles. The first kappa shape index (κ1) is 14.9. The van der Waals surface area contributed by atoms with E-state index < -0.39 is 23.7 Å². The van der Waals surface area contributed by atoms with Gasteiger partial charge in [-0.1, -0.05) is 0 Å². The molecule has 0 aromatic heterocycles. The van der Waals surface area contributed by atoms with Crippen molar-refractivity contribution in [3.05, 3.63) is 0 Å². The van der Waals surface area contributed by atoms with E-state index in [9.17, 15) is 27.9 Å². The summed E-state index contributed by atoms with van der Waals surface area (Å²) in [6.45, 7) is 5.19. The van der Waals surface area contributed by atoms with Gasteiger partial charge in [0.1, 0.15) is 0 Å². The van der Waals surface area contributed by atoms with Crippen LogP contribution in [0.2, 0.25) is 0 Å². The van der Waals surface area contributed by atoms with Crippen molar-refractivity contribution in [2.75, 3.05) is 13.1 Å². The topological polar surface area (TPSA) is 60.9 Å². The molecule has 1 saturated heterocycles. The minimum Gasteiger partial charge on any atom is -0.465 e. The zero-order chi connectivity index (χ0) is 15.5. The molecule has 0 aromatic rings. The molecular weight excluding hydrogens is 277 g/mol. The lowest BCUT2D eigenvalue weighted by molar-refractivity contribution is -0.185. The number of rotatable bonds is 1. The summed E-state index contributed by atoms with van der Waals surface area (Å²) in [5.74, 6) is -2.20. The summed E-state index contributed by atoms with van der Waals surface area (Å²) in [6, 6.07) is -0.287. The molecule has 2 amide bonds. The Labute approximate surface area is 114 Å². The van der Waals surface area contributed by atoms with E-state index in [1.54, 1.807) is 20.8 Å². The minimum atomic E-state index is -4.86. The Bertz CT molecular complexity index is 432. The first-order chi connectivity index (χ1) is 8.94. The molecule has 2 fully saturated rings. The molecule has 114 valence electrons. The maximum atomic E-state index is 12.3. The monoisotopic (exact) mass is 294 g/mol. The van der Waals surface area contributed by atoms with Crippen molar-refractivity contribution in [3.63, 3.8) is 0 Å². The molecule has 0 unspecified atom stereocenters. The highest BCUT2D eigenvalue weighted by molar-refractivity contribution is 5.82. The van der Waals surface area contributed by atoms with Crippen LogP contribution in [0.25, 0.3) is 0 Å². The lowest BCUT2D eigenvalue weighted by Crippen LogP contribution is -2.50. The van der Waals surface area contributed by atoms with Gasteiger partial charge in [-0.3, -0.25) is 9.69 Å². The van der Waals surface area contributed by atoms with Crippen LogP contribution in [0, 0.1) is 11.8 Å². The summed E-state index contributed by atoms with van der Waals surface area (Å²) >= 11 is 0. The first-order valence-corrected chi connectivity index (χ1v) is 6.33. The number of hydrogen-bond acceptors (Lipinski definition) is 2. The summed E-state index contributed by atoms with van der Waals surface area (Å²) in [4.78, 5) is 24.5. The molecule has 1 aliphatic heterocycles. The highest BCUT2D eigenvalue weighted by Crippen LogP contribution is 2.51. The smallest absolute Gasteiger partial charge is 0.465 e. The summed E-state index contributed by atoms with van der Waals surface area (Å²) in [5, 5.41) is 9.24. The Morgan fingerprint density at radius 2 is 1.60 bits per heavy atom. The third-order valence-electron chi connectivity index (χ3n) is 3.91. The van der Waals surface area contributed by atoms with Crippen LogP contribution in [0.1, 0.15) is 20.8 Å². The summed E-state index contributed by atoms with van der Waals surface area (Å²) in [5.41, 5.74) is -0.611. The minimum absolute atomic E-state index is 0.0203. The zero-order valence-corrected chi connectivity index (χ0v) is 11.4. The summed E-state index contributed by atoms with van der Waals surface area (Å²) in [7, 11) is 0. The number of fused-ring (bicyclic) bond motifs is 1.